The van der Waals surface area contributed by atoms with Crippen LogP contribution in [0.15, 0.2) is 41.6 Å². The fourth-order valence-corrected chi connectivity index (χ4v) is 2.62. The number of hydrogen-bond donors (Lipinski definition) is 3. The summed E-state index contributed by atoms with van der Waals surface area (Å²) < 4.78 is 26.5. The molecule has 0 unspecified atom stereocenters. The van der Waals surface area contributed by atoms with Gasteiger partial charge < -0.3 is 5.11 Å². The van der Waals surface area contributed by atoms with Crippen molar-refractivity contribution < 1.29 is 13.5 Å². The standard InChI is InChI=1S/C12H15N3O3S/c16-6-5-10-1-3-12(4-2-10)19(17,18)15-9-11-7-13-14-8-11/h1-4,7-8,15-16H,5-6,9H2,(H,13,14). The summed E-state index contributed by atoms with van der Waals surface area (Å²) in [6.07, 6.45) is 3.71. The molecular weight excluding hydrogens is 266 g/mol. The fourth-order valence-electron chi connectivity index (χ4n) is 1.60. The quantitative estimate of drug-likeness (QED) is 0.715. The second kappa shape index (κ2) is 5.96. The minimum atomic E-state index is -3.52. The molecule has 1 heterocycles. The Bertz CT molecular complexity index is 606. The number of sulfonamides is 1. The van der Waals surface area contributed by atoms with E-state index in [1.165, 1.54) is 12.1 Å². The van der Waals surface area contributed by atoms with E-state index in [2.05, 4.69) is 14.9 Å². The zero-order chi connectivity index (χ0) is 13.7. The molecule has 102 valence electrons. The zero-order valence-corrected chi connectivity index (χ0v) is 11.0. The molecule has 0 aliphatic heterocycles. The number of nitrogens with one attached hydrogen (secondary N) is 2. The predicted octanol–water partition coefficient (Wildman–Crippen LogP) is 0.423. The van der Waals surface area contributed by atoms with Gasteiger partial charge in [-0.25, -0.2) is 13.1 Å². The fraction of sp³-hybridized carbons (Fsp3) is 0.250. The lowest BCUT2D eigenvalue weighted by molar-refractivity contribution is 0.299. The van der Waals surface area contributed by atoms with Gasteiger partial charge >= 0.3 is 0 Å². The molecule has 1 aromatic carbocycles. The average Bonchev–Trinajstić information content (AvgIpc) is 2.91. The van der Waals surface area contributed by atoms with Gasteiger partial charge in [0, 0.05) is 24.9 Å². The molecule has 0 atom stereocenters. The highest BCUT2D eigenvalue weighted by Gasteiger charge is 2.13. The number of benzene rings is 1. The minimum Gasteiger partial charge on any atom is -0.396 e. The number of H-pyrrole nitrogens is 1. The summed E-state index contributed by atoms with van der Waals surface area (Å²) in [5.41, 5.74) is 1.66. The normalized spacial score (nSPS) is 11.6. The third-order valence-electron chi connectivity index (χ3n) is 2.66. The zero-order valence-electron chi connectivity index (χ0n) is 10.2. The van der Waals surface area contributed by atoms with Crippen LogP contribution in [0.4, 0.5) is 0 Å². The van der Waals surface area contributed by atoms with Gasteiger partial charge in [-0.3, -0.25) is 5.10 Å². The monoisotopic (exact) mass is 281 g/mol. The van der Waals surface area contributed by atoms with Crippen molar-refractivity contribution in [3.05, 3.63) is 47.8 Å². The van der Waals surface area contributed by atoms with Crippen molar-refractivity contribution in [3.8, 4) is 0 Å². The van der Waals surface area contributed by atoms with E-state index in [1.807, 2.05) is 0 Å². The van der Waals surface area contributed by atoms with E-state index in [0.717, 1.165) is 11.1 Å². The highest BCUT2D eigenvalue weighted by molar-refractivity contribution is 7.89. The molecule has 0 amide bonds. The van der Waals surface area contributed by atoms with Gasteiger partial charge in [0.25, 0.3) is 0 Å². The Kier molecular flexibility index (Phi) is 4.31. The molecule has 0 fully saturated rings. The lowest BCUT2D eigenvalue weighted by Crippen LogP contribution is -2.23. The van der Waals surface area contributed by atoms with Crippen molar-refractivity contribution in [1.29, 1.82) is 0 Å². The molecule has 0 aliphatic carbocycles. The predicted molar refractivity (Wildman–Crippen MR) is 69.8 cm³/mol. The molecule has 0 saturated carbocycles. The summed E-state index contributed by atoms with van der Waals surface area (Å²) >= 11 is 0. The third-order valence-corrected chi connectivity index (χ3v) is 4.07. The Morgan fingerprint density at radius 1 is 1.21 bits per heavy atom. The highest BCUT2D eigenvalue weighted by atomic mass is 32.2. The van der Waals surface area contributed by atoms with Crippen LogP contribution in [0.3, 0.4) is 0 Å². The van der Waals surface area contributed by atoms with Crippen molar-refractivity contribution in [2.24, 2.45) is 0 Å². The Hall–Kier alpha value is -1.70. The van der Waals surface area contributed by atoms with Crippen LogP contribution in [0.2, 0.25) is 0 Å². The summed E-state index contributed by atoms with van der Waals surface area (Å²) in [4.78, 5) is 0.206. The summed E-state index contributed by atoms with van der Waals surface area (Å²) in [5.74, 6) is 0. The lowest BCUT2D eigenvalue weighted by atomic mass is 10.2. The number of aromatic amines is 1. The maximum Gasteiger partial charge on any atom is 0.240 e. The van der Waals surface area contributed by atoms with Gasteiger partial charge in [-0.1, -0.05) is 12.1 Å². The van der Waals surface area contributed by atoms with Crippen LogP contribution in [-0.2, 0) is 23.0 Å². The van der Waals surface area contributed by atoms with Gasteiger partial charge in [0.15, 0.2) is 0 Å². The van der Waals surface area contributed by atoms with Crippen LogP contribution < -0.4 is 4.72 Å². The van der Waals surface area contributed by atoms with E-state index < -0.39 is 10.0 Å². The van der Waals surface area contributed by atoms with Gasteiger partial charge in [0.05, 0.1) is 11.1 Å². The van der Waals surface area contributed by atoms with Gasteiger partial charge in [0.2, 0.25) is 10.0 Å². The molecule has 0 spiro atoms. The molecule has 0 saturated heterocycles. The van der Waals surface area contributed by atoms with Crippen molar-refractivity contribution >= 4 is 10.0 Å². The molecule has 2 aromatic rings. The van der Waals surface area contributed by atoms with E-state index in [1.54, 1.807) is 24.5 Å². The minimum absolute atomic E-state index is 0.0465. The maximum absolute atomic E-state index is 12.0. The summed E-state index contributed by atoms with van der Waals surface area (Å²) in [6.45, 7) is 0.238. The molecule has 0 bridgehead atoms. The van der Waals surface area contributed by atoms with E-state index >= 15 is 0 Å². The van der Waals surface area contributed by atoms with Crippen LogP contribution in [-0.4, -0.2) is 30.3 Å². The van der Waals surface area contributed by atoms with E-state index in [0.29, 0.717) is 6.42 Å². The van der Waals surface area contributed by atoms with Gasteiger partial charge in [-0.2, -0.15) is 5.10 Å². The van der Waals surface area contributed by atoms with Crippen LogP contribution in [0.1, 0.15) is 11.1 Å². The first-order chi connectivity index (χ1) is 9.12. The molecule has 0 aliphatic rings. The SMILES string of the molecule is O=S(=O)(NCc1cn[nH]c1)c1ccc(CCO)cc1. The van der Waals surface area contributed by atoms with Crippen LogP contribution in [0, 0.1) is 0 Å². The van der Waals surface area contributed by atoms with Crippen molar-refractivity contribution in [2.75, 3.05) is 6.61 Å². The molecule has 19 heavy (non-hydrogen) atoms. The molecule has 7 heteroatoms. The van der Waals surface area contributed by atoms with Crippen molar-refractivity contribution in [3.63, 3.8) is 0 Å². The number of aliphatic hydroxyl groups excluding tert-OH is 1. The first kappa shape index (κ1) is 13.7. The van der Waals surface area contributed by atoms with E-state index in [4.69, 9.17) is 5.11 Å². The third kappa shape index (κ3) is 3.63. The average molecular weight is 281 g/mol. The second-order valence-corrected chi connectivity index (χ2v) is 5.82. The number of rotatable bonds is 6. The number of hydrogen-bond acceptors (Lipinski definition) is 4. The largest absolute Gasteiger partial charge is 0.396 e. The second-order valence-electron chi connectivity index (χ2n) is 4.05. The van der Waals surface area contributed by atoms with Gasteiger partial charge in [-0.05, 0) is 24.1 Å². The number of nitrogens with zero attached hydrogens (tertiary/aromatic N) is 1. The first-order valence-electron chi connectivity index (χ1n) is 5.79. The van der Waals surface area contributed by atoms with Crippen LogP contribution >= 0.6 is 0 Å². The first-order valence-corrected chi connectivity index (χ1v) is 7.27. The smallest absolute Gasteiger partial charge is 0.240 e. The highest BCUT2D eigenvalue weighted by Crippen LogP contribution is 2.11. The maximum atomic E-state index is 12.0. The molecule has 6 nitrogen and oxygen atoms in total. The Labute approximate surface area is 111 Å². The molecular formula is C12H15N3O3S. The Morgan fingerprint density at radius 2 is 1.95 bits per heavy atom. The lowest BCUT2D eigenvalue weighted by Gasteiger charge is -2.06. The Balaban J connectivity index is 2.06. The van der Waals surface area contributed by atoms with Crippen LogP contribution in [0.5, 0.6) is 0 Å². The topological polar surface area (TPSA) is 95.1 Å². The number of aliphatic hydroxyl groups is 1. The molecule has 2 rings (SSSR count). The summed E-state index contributed by atoms with van der Waals surface area (Å²) in [7, 11) is -3.52. The molecule has 1 aromatic heterocycles. The van der Waals surface area contributed by atoms with Crippen LogP contribution in [0.25, 0.3) is 0 Å². The molecule has 3 N–H and O–H groups in total. The number of aromatic nitrogens is 2. The van der Waals surface area contributed by atoms with Crippen molar-refractivity contribution in [2.45, 2.75) is 17.9 Å². The van der Waals surface area contributed by atoms with Gasteiger partial charge in [0.1, 0.15) is 0 Å². The summed E-state index contributed by atoms with van der Waals surface area (Å²) in [5, 5.41) is 15.2. The van der Waals surface area contributed by atoms with E-state index in [9.17, 15) is 8.42 Å². The molecule has 0 radical (unpaired) electrons. The summed E-state index contributed by atoms with van der Waals surface area (Å²) in [6, 6.07) is 6.46. The van der Waals surface area contributed by atoms with Crippen molar-refractivity contribution in [1.82, 2.24) is 14.9 Å². The van der Waals surface area contributed by atoms with E-state index in [-0.39, 0.29) is 18.0 Å². The van der Waals surface area contributed by atoms with Gasteiger partial charge in [-0.15, -0.1) is 0 Å². The Morgan fingerprint density at radius 3 is 2.53 bits per heavy atom.